The third-order valence-electron chi connectivity index (χ3n) is 4.19. The Morgan fingerprint density at radius 2 is 1.85 bits per heavy atom. The lowest BCUT2D eigenvalue weighted by atomic mass is 10.1. The Kier molecular flexibility index (Phi) is 5.24. The van der Waals surface area contributed by atoms with E-state index < -0.39 is 0 Å². The van der Waals surface area contributed by atoms with Crippen molar-refractivity contribution in [1.29, 1.82) is 0 Å². The van der Waals surface area contributed by atoms with Gasteiger partial charge in [-0.05, 0) is 56.7 Å². The fourth-order valence-electron chi connectivity index (χ4n) is 2.73. The van der Waals surface area contributed by atoms with Gasteiger partial charge < -0.3 is 5.32 Å². The van der Waals surface area contributed by atoms with E-state index in [1.165, 1.54) is 6.08 Å². The summed E-state index contributed by atoms with van der Waals surface area (Å²) in [6, 6.07) is 15.4. The van der Waals surface area contributed by atoms with Gasteiger partial charge >= 0.3 is 0 Å². The maximum absolute atomic E-state index is 12.2. The molecule has 3 aromatic rings. The Bertz CT molecular complexity index is 974. The second-order valence-corrected chi connectivity index (χ2v) is 6.53. The quantitative estimate of drug-likeness (QED) is 0.653. The summed E-state index contributed by atoms with van der Waals surface area (Å²) in [6.45, 7) is 5.85. The van der Waals surface area contributed by atoms with Crippen LogP contribution in [-0.4, -0.2) is 15.7 Å². The van der Waals surface area contributed by atoms with Crippen molar-refractivity contribution in [2.45, 2.75) is 20.8 Å². The Labute approximate surface area is 158 Å². The molecule has 0 bridgehead atoms. The molecule has 4 nitrogen and oxygen atoms in total. The third-order valence-corrected chi connectivity index (χ3v) is 4.60. The highest BCUT2D eigenvalue weighted by Gasteiger charge is 2.11. The number of aromatic nitrogens is 2. The highest BCUT2D eigenvalue weighted by Crippen LogP contribution is 2.21. The van der Waals surface area contributed by atoms with Gasteiger partial charge in [0.05, 0.1) is 11.4 Å². The molecule has 1 aromatic heterocycles. The fourth-order valence-corrected chi connectivity index (χ4v) is 2.91. The maximum Gasteiger partial charge on any atom is 0.248 e. The van der Waals surface area contributed by atoms with Crippen LogP contribution in [0.3, 0.4) is 0 Å². The molecule has 0 saturated heterocycles. The van der Waals surface area contributed by atoms with Crippen molar-refractivity contribution in [3.8, 4) is 5.69 Å². The van der Waals surface area contributed by atoms with Crippen LogP contribution in [-0.2, 0) is 4.79 Å². The van der Waals surface area contributed by atoms with Crippen molar-refractivity contribution in [3.05, 3.63) is 82.1 Å². The van der Waals surface area contributed by atoms with Crippen molar-refractivity contribution >= 4 is 29.3 Å². The van der Waals surface area contributed by atoms with Gasteiger partial charge in [0.25, 0.3) is 0 Å². The Hall–Kier alpha value is -2.85. The summed E-state index contributed by atoms with van der Waals surface area (Å²) in [4.78, 5) is 12.2. The second-order valence-electron chi connectivity index (χ2n) is 6.12. The van der Waals surface area contributed by atoms with E-state index in [2.05, 4.69) is 10.4 Å². The van der Waals surface area contributed by atoms with E-state index in [1.54, 1.807) is 12.1 Å². The van der Waals surface area contributed by atoms with Crippen molar-refractivity contribution < 1.29 is 4.79 Å². The summed E-state index contributed by atoms with van der Waals surface area (Å²) in [5.41, 5.74) is 5.42. The molecular weight excluding hydrogens is 346 g/mol. The molecule has 0 fully saturated rings. The summed E-state index contributed by atoms with van der Waals surface area (Å²) >= 11 is 6.09. The predicted molar refractivity (Wildman–Crippen MR) is 107 cm³/mol. The number of anilines is 1. The van der Waals surface area contributed by atoms with Crippen LogP contribution in [0.25, 0.3) is 11.8 Å². The van der Waals surface area contributed by atoms with E-state index in [0.717, 1.165) is 28.2 Å². The number of hydrogen-bond donors (Lipinski definition) is 1. The number of nitrogens with zero attached hydrogens (tertiary/aromatic N) is 2. The van der Waals surface area contributed by atoms with Crippen LogP contribution < -0.4 is 5.32 Å². The van der Waals surface area contributed by atoms with E-state index in [1.807, 2.05) is 67.9 Å². The molecule has 1 heterocycles. The van der Waals surface area contributed by atoms with E-state index in [9.17, 15) is 4.79 Å². The van der Waals surface area contributed by atoms with Gasteiger partial charge in [0.15, 0.2) is 0 Å². The highest BCUT2D eigenvalue weighted by molar-refractivity contribution is 6.31. The molecule has 5 heteroatoms. The van der Waals surface area contributed by atoms with E-state index in [0.29, 0.717) is 10.7 Å². The van der Waals surface area contributed by atoms with Gasteiger partial charge in [-0.2, -0.15) is 5.10 Å². The number of amides is 1. The Morgan fingerprint density at radius 3 is 2.54 bits per heavy atom. The number of carbonyl (C=O) groups is 1. The first kappa shape index (κ1) is 18.0. The molecule has 0 atom stereocenters. The molecule has 0 aliphatic heterocycles. The van der Waals surface area contributed by atoms with E-state index >= 15 is 0 Å². The highest BCUT2D eigenvalue weighted by atomic mass is 35.5. The zero-order chi connectivity index (χ0) is 18.7. The number of benzene rings is 2. The minimum absolute atomic E-state index is 0.212. The Morgan fingerprint density at radius 1 is 1.12 bits per heavy atom. The largest absolute Gasteiger partial charge is 0.322 e. The number of halogens is 1. The van der Waals surface area contributed by atoms with Crippen molar-refractivity contribution in [3.63, 3.8) is 0 Å². The summed E-state index contributed by atoms with van der Waals surface area (Å²) in [6.07, 6.45) is 3.31. The summed E-state index contributed by atoms with van der Waals surface area (Å²) in [7, 11) is 0. The molecule has 0 aliphatic carbocycles. The molecule has 26 heavy (non-hydrogen) atoms. The van der Waals surface area contributed by atoms with Gasteiger partial charge in [-0.3, -0.25) is 4.79 Å². The number of nitrogens with one attached hydrogen (secondary N) is 1. The lowest BCUT2D eigenvalue weighted by Crippen LogP contribution is -2.07. The topological polar surface area (TPSA) is 46.9 Å². The lowest BCUT2D eigenvalue weighted by molar-refractivity contribution is -0.111. The number of para-hydroxylation sites is 1. The van der Waals surface area contributed by atoms with Crippen LogP contribution in [0.5, 0.6) is 0 Å². The van der Waals surface area contributed by atoms with Gasteiger partial charge in [0, 0.05) is 28.0 Å². The maximum atomic E-state index is 12.2. The van der Waals surface area contributed by atoms with Crippen molar-refractivity contribution in [2.24, 2.45) is 0 Å². The van der Waals surface area contributed by atoms with Crippen LogP contribution in [0.15, 0.2) is 54.6 Å². The monoisotopic (exact) mass is 365 g/mol. The van der Waals surface area contributed by atoms with Crippen LogP contribution in [0.4, 0.5) is 5.69 Å². The van der Waals surface area contributed by atoms with Crippen LogP contribution in [0.2, 0.25) is 5.02 Å². The molecule has 0 radical (unpaired) electrons. The van der Waals surface area contributed by atoms with Crippen LogP contribution in [0, 0.1) is 20.8 Å². The minimum atomic E-state index is -0.212. The van der Waals surface area contributed by atoms with Crippen molar-refractivity contribution in [1.82, 2.24) is 9.78 Å². The normalized spacial score (nSPS) is 11.1. The van der Waals surface area contributed by atoms with Gasteiger partial charge in [-0.15, -0.1) is 0 Å². The smallest absolute Gasteiger partial charge is 0.248 e. The third kappa shape index (κ3) is 3.86. The first-order valence-corrected chi connectivity index (χ1v) is 8.70. The number of rotatable bonds is 4. The standard InChI is InChI=1S/C21H20ClN3O/c1-14-9-10-17(13-20(14)22)23-21(26)12-11-19-15(2)24-25(16(19)3)18-7-5-4-6-8-18/h4-13H,1-3H3,(H,23,26)/b12-11+. The van der Waals surface area contributed by atoms with E-state index in [4.69, 9.17) is 11.6 Å². The predicted octanol–water partition coefficient (Wildman–Crippen LogP) is 5.10. The van der Waals surface area contributed by atoms with Gasteiger partial charge in [0.2, 0.25) is 5.91 Å². The average molecular weight is 366 g/mol. The van der Waals surface area contributed by atoms with E-state index in [-0.39, 0.29) is 5.91 Å². The summed E-state index contributed by atoms with van der Waals surface area (Å²) in [5, 5.41) is 8.03. The zero-order valence-electron chi connectivity index (χ0n) is 15.0. The molecule has 2 aromatic carbocycles. The molecule has 1 N–H and O–H groups in total. The molecule has 0 aliphatic rings. The van der Waals surface area contributed by atoms with Gasteiger partial charge in [-0.25, -0.2) is 4.68 Å². The van der Waals surface area contributed by atoms with Crippen molar-refractivity contribution in [2.75, 3.05) is 5.32 Å². The van der Waals surface area contributed by atoms with Gasteiger partial charge in [0.1, 0.15) is 0 Å². The molecule has 1 amide bonds. The molecule has 0 saturated carbocycles. The molecule has 0 unspecified atom stereocenters. The minimum Gasteiger partial charge on any atom is -0.322 e. The number of carbonyl (C=O) groups excluding carboxylic acids is 1. The number of hydrogen-bond acceptors (Lipinski definition) is 2. The molecular formula is C21H20ClN3O. The second kappa shape index (κ2) is 7.58. The summed E-state index contributed by atoms with van der Waals surface area (Å²) in [5.74, 6) is -0.212. The van der Waals surface area contributed by atoms with Crippen LogP contribution >= 0.6 is 11.6 Å². The lowest BCUT2D eigenvalue weighted by Gasteiger charge is -2.05. The summed E-state index contributed by atoms with van der Waals surface area (Å²) < 4.78 is 1.88. The average Bonchev–Trinajstić information content (AvgIpc) is 2.91. The van der Waals surface area contributed by atoms with Gasteiger partial charge in [-0.1, -0.05) is 35.9 Å². The number of aryl methyl sites for hydroxylation is 2. The molecule has 0 spiro atoms. The first-order chi connectivity index (χ1) is 12.5. The molecule has 3 rings (SSSR count). The van der Waals surface area contributed by atoms with Crippen LogP contribution in [0.1, 0.15) is 22.5 Å². The SMILES string of the molecule is Cc1ccc(NC(=O)/C=C/c2c(C)nn(-c3ccccc3)c2C)cc1Cl. The first-order valence-electron chi connectivity index (χ1n) is 8.32. The fraction of sp³-hybridized carbons (Fsp3) is 0.143. The zero-order valence-corrected chi connectivity index (χ0v) is 15.7. The Balaban J connectivity index is 1.79. The molecule has 132 valence electrons.